The average molecular weight is 316 g/mol. The number of hydrogen-bond acceptors (Lipinski definition) is 2. The van der Waals surface area contributed by atoms with Gasteiger partial charge in [-0.2, -0.15) is 5.10 Å². The van der Waals surface area contributed by atoms with Crippen LogP contribution in [0.5, 0.6) is 0 Å². The molecule has 0 spiro atoms. The fourth-order valence-electron chi connectivity index (χ4n) is 2.20. The highest BCUT2D eigenvalue weighted by molar-refractivity contribution is 9.10. The zero-order valence-corrected chi connectivity index (χ0v) is 13.7. The summed E-state index contributed by atoms with van der Waals surface area (Å²) in [5.41, 5.74) is 2.49. The van der Waals surface area contributed by atoms with Crippen molar-refractivity contribution in [3.8, 4) is 0 Å². The quantitative estimate of drug-likeness (QED) is 0.796. The highest BCUT2D eigenvalue weighted by Gasteiger charge is 2.14. The normalized spacial score (nSPS) is 12.9. The van der Waals surface area contributed by atoms with Gasteiger partial charge in [0, 0.05) is 13.1 Å². The second-order valence-electron chi connectivity index (χ2n) is 4.78. The van der Waals surface area contributed by atoms with Crippen molar-refractivity contribution in [2.24, 2.45) is 7.05 Å². The standard InChI is InChI=1S/C14H26BrN3/c1-5-10-16-11(6-2)8-9-13-14(15)12(7-3)17-18(13)4/h11,16H,5-10H2,1-4H3. The molecule has 0 fully saturated rings. The van der Waals surface area contributed by atoms with Crippen LogP contribution >= 0.6 is 15.9 Å². The molecule has 0 aliphatic heterocycles. The van der Waals surface area contributed by atoms with Crippen molar-refractivity contribution in [1.82, 2.24) is 15.1 Å². The SMILES string of the molecule is CCCNC(CC)CCc1c(Br)c(CC)nn1C. The Hall–Kier alpha value is -0.350. The van der Waals surface area contributed by atoms with E-state index in [-0.39, 0.29) is 0 Å². The van der Waals surface area contributed by atoms with Gasteiger partial charge in [0.05, 0.1) is 15.9 Å². The average Bonchev–Trinajstić information content (AvgIpc) is 2.65. The van der Waals surface area contributed by atoms with Gasteiger partial charge in [0.15, 0.2) is 0 Å². The third-order valence-electron chi connectivity index (χ3n) is 3.41. The van der Waals surface area contributed by atoms with Crippen LogP contribution in [0.25, 0.3) is 0 Å². The van der Waals surface area contributed by atoms with Crippen molar-refractivity contribution >= 4 is 15.9 Å². The first-order chi connectivity index (χ1) is 8.63. The Morgan fingerprint density at radius 3 is 2.56 bits per heavy atom. The molecule has 0 aliphatic rings. The molecule has 0 radical (unpaired) electrons. The Labute approximate surface area is 119 Å². The summed E-state index contributed by atoms with van der Waals surface area (Å²) in [7, 11) is 2.04. The lowest BCUT2D eigenvalue weighted by atomic mass is 10.1. The molecular formula is C14H26BrN3. The topological polar surface area (TPSA) is 29.9 Å². The van der Waals surface area contributed by atoms with Crippen molar-refractivity contribution in [3.05, 3.63) is 15.9 Å². The molecule has 3 nitrogen and oxygen atoms in total. The van der Waals surface area contributed by atoms with Gasteiger partial charge in [-0.15, -0.1) is 0 Å². The van der Waals surface area contributed by atoms with Crippen LogP contribution in [0.15, 0.2) is 4.47 Å². The Bertz CT molecular complexity index is 360. The molecule has 104 valence electrons. The summed E-state index contributed by atoms with van der Waals surface area (Å²) in [6.45, 7) is 7.73. The number of aromatic nitrogens is 2. The number of hydrogen-bond donors (Lipinski definition) is 1. The highest BCUT2D eigenvalue weighted by atomic mass is 79.9. The molecule has 0 aliphatic carbocycles. The fraction of sp³-hybridized carbons (Fsp3) is 0.786. The summed E-state index contributed by atoms with van der Waals surface area (Å²) < 4.78 is 3.23. The van der Waals surface area contributed by atoms with Gasteiger partial charge in [0.25, 0.3) is 0 Å². The summed E-state index contributed by atoms with van der Waals surface area (Å²) in [6, 6.07) is 0.622. The van der Waals surface area contributed by atoms with Crippen molar-refractivity contribution in [1.29, 1.82) is 0 Å². The molecule has 1 rings (SSSR count). The van der Waals surface area contributed by atoms with Crippen molar-refractivity contribution < 1.29 is 0 Å². The second-order valence-corrected chi connectivity index (χ2v) is 5.58. The molecule has 1 unspecified atom stereocenters. The zero-order chi connectivity index (χ0) is 13.5. The van der Waals surface area contributed by atoms with Gasteiger partial charge < -0.3 is 5.32 Å². The third kappa shape index (κ3) is 4.09. The van der Waals surface area contributed by atoms with Gasteiger partial charge in [0.2, 0.25) is 0 Å². The Kier molecular flexibility index (Phi) is 6.94. The Balaban J connectivity index is 2.59. The maximum atomic E-state index is 4.54. The van der Waals surface area contributed by atoms with E-state index in [1.54, 1.807) is 0 Å². The van der Waals surface area contributed by atoms with Gasteiger partial charge in [0.1, 0.15) is 0 Å². The molecule has 1 aromatic heterocycles. The second kappa shape index (κ2) is 7.95. The fourth-order valence-corrected chi connectivity index (χ4v) is 3.02. The maximum absolute atomic E-state index is 4.54. The number of aryl methyl sites for hydroxylation is 2. The molecular weight excluding hydrogens is 290 g/mol. The first-order valence-electron chi connectivity index (χ1n) is 7.07. The number of nitrogens with zero attached hydrogens (tertiary/aromatic N) is 2. The van der Waals surface area contributed by atoms with E-state index in [1.165, 1.54) is 35.1 Å². The number of nitrogens with one attached hydrogen (secondary N) is 1. The van der Waals surface area contributed by atoms with E-state index < -0.39 is 0 Å². The van der Waals surface area contributed by atoms with Crippen LogP contribution < -0.4 is 5.32 Å². The minimum Gasteiger partial charge on any atom is -0.314 e. The number of halogens is 1. The first-order valence-corrected chi connectivity index (χ1v) is 7.86. The van der Waals surface area contributed by atoms with E-state index in [9.17, 15) is 0 Å². The first kappa shape index (κ1) is 15.7. The molecule has 4 heteroatoms. The summed E-state index contributed by atoms with van der Waals surface area (Å²) in [5, 5.41) is 8.15. The van der Waals surface area contributed by atoms with Gasteiger partial charge in [-0.05, 0) is 54.6 Å². The van der Waals surface area contributed by atoms with Gasteiger partial charge in [-0.25, -0.2) is 0 Å². The van der Waals surface area contributed by atoms with Gasteiger partial charge >= 0.3 is 0 Å². The van der Waals surface area contributed by atoms with E-state index in [0.717, 1.165) is 19.4 Å². The smallest absolute Gasteiger partial charge is 0.0766 e. The lowest BCUT2D eigenvalue weighted by Gasteiger charge is -2.16. The zero-order valence-electron chi connectivity index (χ0n) is 12.1. The lowest BCUT2D eigenvalue weighted by Crippen LogP contribution is -2.29. The van der Waals surface area contributed by atoms with E-state index in [1.807, 2.05) is 11.7 Å². The molecule has 0 aromatic carbocycles. The van der Waals surface area contributed by atoms with E-state index in [2.05, 4.69) is 47.1 Å². The molecule has 1 N–H and O–H groups in total. The van der Waals surface area contributed by atoms with Crippen molar-refractivity contribution in [2.45, 2.75) is 58.9 Å². The van der Waals surface area contributed by atoms with E-state index in [4.69, 9.17) is 0 Å². The number of rotatable bonds is 8. The summed E-state index contributed by atoms with van der Waals surface area (Å²) >= 11 is 3.68. The molecule has 0 bridgehead atoms. The predicted octanol–water partition coefficient (Wildman–Crippen LogP) is 3.46. The third-order valence-corrected chi connectivity index (χ3v) is 4.32. The largest absolute Gasteiger partial charge is 0.314 e. The van der Waals surface area contributed by atoms with Crippen molar-refractivity contribution in [2.75, 3.05) is 6.54 Å². The summed E-state index contributed by atoms with van der Waals surface area (Å²) in [5.74, 6) is 0. The highest BCUT2D eigenvalue weighted by Crippen LogP contribution is 2.23. The van der Waals surface area contributed by atoms with Crippen LogP contribution in [0.4, 0.5) is 0 Å². The molecule has 1 heterocycles. The van der Waals surface area contributed by atoms with Crippen LogP contribution in [0.2, 0.25) is 0 Å². The molecule has 0 amide bonds. The Morgan fingerprint density at radius 2 is 2.06 bits per heavy atom. The summed E-state index contributed by atoms with van der Waals surface area (Å²) in [4.78, 5) is 0. The predicted molar refractivity (Wildman–Crippen MR) is 81.0 cm³/mol. The minimum absolute atomic E-state index is 0.622. The summed E-state index contributed by atoms with van der Waals surface area (Å²) in [6.07, 6.45) is 5.64. The lowest BCUT2D eigenvalue weighted by molar-refractivity contribution is 0.462. The molecule has 1 aromatic rings. The monoisotopic (exact) mass is 315 g/mol. The van der Waals surface area contributed by atoms with Gasteiger partial charge in [-0.3, -0.25) is 4.68 Å². The van der Waals surface area contributed by atoms with Crippen LogP contribution in [0.1, 0.15) is 51.4 Å². The molecule has 0 saturated carbocycles. The molecule has 18 heavy (non-hydrogen) atoms. The van der Waals surface area contributed by atoms with E-state index in [0.29, 0.717) is 6.04 Å². The van der Waals surface area contributed by atoms with Crippen molar-refractivity contribution in [3.63, 3.8) is 0 Å². The maximum Gasteiger partial charge on any atom is 0.0766 e. The van der Waals surface area contributed by atoms with Gasteiger partial charge in [-0.1, -0.05) is 20.8 Å². The van der Waals surface area contributed by atoms with Crippen LogP contribution in [-0.4, -0.2) is 22.4 Å². The van der Waals surface area contributed by atoms with Crippen LogP contribution in [-0.2, 0) is 19.9 Å². The minimum atomic E-state index is 0.622. The molecule has 0 saturated heterocycles. The van der Waals surface area contributed by atoms with Crippen LogP contribution in [0, 0.1) is 0 Å². The van der Waals surface area contributed by atoms with Crippen LogP contribution in [0.3, 0.4) is 0 Å². The molecule has 1 atom stereocenters. The Morgan fingerprint density at radius 1 is 1.33 bits per heavy atom. The van der Waals surface area contributed by atoms with E-state index >= 15 is 0 Å².